The zero-order chi connectivity index (χ0) is 23.1. The van der Waals surface area contributed by atoms with Gasteiger partial charge in [-0.15, -0.1) is 5.11 Å². The van der Waals surface area contributed by atoms with E-state index in [1.165, 1.54) is 95.5 Å². The summed E-state index contributed by atoms with van der Waals surface area (Å²) in [4.78, 5) is 4.85. The maximum absolute atomic E-state index is 6.15. The Morgan fingerprint density at radius 3 is 1.85 bits per heavy atom. The molecule has 0 unspecified atom stereocenters. The van der Waals surface area contributed by atoms with Crippen LogP contribution in [-0.2, 0) is 11.3 Å². The zero-order valence-electron chi connectivity index (χ0n) is 21.5. The van der Waals surface area contributed by atoms with Gasteiger partial charge in [-0.3, -0.25) is 0 Å². The molecule has 0 atom stereocenters. The Balaban J connectivity index is 0. The molecule has 0 fully saturated rings. The van der Waals surface area contributed by atoms with E-state index in [1.807, 2.05) is 12.1 Å². The van der Waals surface area contributed by atoms with E-state index >= 15 is 0 Å². The molecule has 34 heavy (non-hydrogen) atoms. The van der Waals surface area contributed by atoms with Crippen molar-refractivity contribution < 1.29 is 54.5 Å². The van der Waals surface area contributed by atoms with Crippen molar-refractivity contribution in [1.29, 1.82) is 0 Å². The van der Waals surface area contributed by atoms with Gasteiger partial charge in [-0.2, -0.15) is 5.84 Å². The first-order valence-electron chi connectivity index (χ1n) is 13.1. The number of hydrogen-bond acceptors (Lipinski definition) is 3. The molecule has 1 aromatic carbocycles. The topological polar surface area (TPSA) is 98.5 Å². The highest BCUT2D eigenvalue weighted by Gasteiger charge is 2.07. The lowest BCUT2D eigenvalue weighted by Crippen LogP contribution is -3.00. The van der Waals surface area contributed by atoms with E-state index in [2.05, 4.69) is 29.2 Å². The number of rotatable bonds is 22. The molecule has 200 valence electrons. The SMILES string of the molecule is CCCCCCCCOc1cc([NH+]=NN)ccc1CCCCCCCCCCCCO[NH3+].[Br-].[Br-]. The molecule has 0 aliphatic heterocycles. The van der Waals surface area contributed by atoms with Crippen molar-refractivity contribution in [1.82, 2.24) is 0 Å². The Morgan fingerprint density at radius 2 is 1.29 bits per heavy atom. The summed E-state index contributed by atoms with van der Waals surface area (Å²) in [6.45, 7) is 3.84. The van der Waals surface area contributed by atoms with Crippen molar-refractivity contribution in [2.24, 2.45) is 11.1 Å². The number of unbranched alkanes of at least 4 members (excludes halogenated alkanes) is 14. The minimum absolute atomic E-state index is 0. The van der Waals surface area contributed by atoms with Crippen LogP contribution in [0, 0.1) is 0 Å². The lowest BCUT2D eigenvalue weighted by molar-refractivity contribution is -0.689. The van der Waals surface area contributed by atoms with E-state index in [9.17, 15) is 0 Å². The van der Waals surface area contributed by atoms with Crippen LogP contribution >= 0.6 is 0 Å². The second-order valence-corrected chi connectivity index (χ2v) is 8.87. The van der Waals surface area contributed by atoms with Crippen molar-refractivity contribution in [2.75, 3.05) is 13.2 Å². The van der Waals surface area contributed by atoms with Gasteiger partial charge >= 0.3 is 0 Å². The summed E-state index contributed by atoms with van der Waals surface area (Å²) >= 11 is 0. The highest BCUT2D eigenvalue weighted by atomic mass is 79.9. The fourth-order valence-corrected chi connectivity index (χ4v) is 4.04. The van der Waals surface area contributed by atoms with Crippen molar-refractivity contribution in [2.45, 2.75) is 116 Å². The van der Waals surface area contributed by atoms with E-state index < -0.39 is 0 Å². The molecular weight excluding hydrogens is 560 g/mol. The largest absolute Gasteiger partial charge is 1.00 e. The number of quaternary nitrogens is 1. The average molecular weight is 611 g/mol. The molecule has 0 amide bonds. The molecule has 0 aliphatic rings. The van der Waals surface area contributed by atoms with Gasteiger partial charge in [0.1, 0.15) is 12.4 Å². The van der Waals surface area contributed by atoms with Gasteiger partial charge in [-0.05, 0) is 37.3 Å². The molecular formula is C26H50Br2N4O2. The zero-order valence-corrected chi connectivity index (χ0v) is 24.6. The maximum Gasteiger partial charge on any atom is 0.150 e. The number of hydrogen-bond donors (Lipinski definition) is 3. The van der Waals surface area contributed by atoms with Gasteiger partial charge in [-0.1, -0.05) is 96.5 Å². The third-order valence-electron chi connectivity index (χ3n) is 6.00. The van der Waals surface area contributed by atoms with Gasteiger partial charge in [0.2, 0.25) is 0 Å². The summed E-state index contributed by atoms with van der Waals surface area (Å²) in [6, 6.07) is 6.22. The first-order valence-corrected chi connectivity index (χ1v) is 13.1. The predicted octanol–water partition coefficient (Wildman–Crippen LogP) is -0.911. The monoisotopic (exact) mass is 608 g/mol. The summed E-state index contributed by atoms with van der Waals surface area (Å²) in [6.07, 6.45) is 21.7. The number of nitrogens with one attached hydrogen (secondary N) is 1. The Bertz CT molecular complexity index is 592. The maximum atomic E-state index is 6.15. The van der Waals surface area contributed by atoms with E-state index in [4.69, 9.17) is 15.4 Å². The minimum Gasteiger partial charge on any atom is -1.00 e. The van der Waals surface area contributed by atoms with Crippen molar-refractivity contribution in [3.63, 3.8) is 0 Å². The van der Waals surface area contributed by atoms with Crippen LogP contribution in [0.25, 0.3) is 0 Å². The van der Waals surface area contributed by atoms with Gasteiger partial charge in [0.05, 0.1) is 11.8 Å². The summed E-state index contributed by atoms with van der Waals surface area (Å²) in [5.74, 6) is 9.67. The third kappa shape index (κ3) is 19.6. The summed E-state index contributed by atoms with van der Waals surface area (Å²) < 4.78 is 6.15. The molecule has 6 N–H and O–H groups in total. The molecule has 0 saturated heterocycles. The molecule has 8 heteroatoms. The van der Waals surface area contributed by atoms with Gasteiger partial charge in [0, 0.05) is 6.07 Å². The molecule has 0 bridgehead atoms. The minimum atomic E-state index is 0. The number of nitrogens with zero attached hydrogens (tertiary/aromatic N) is 1. The van der Waals surface area contributed by atoms with Crippen molar-refractivity contribution >= 4 is 5.69 Å². The average Bonchev–Trinajstić information content (AvgIpc) is 2.80. The van der Waals surface area contributed by atoms with Gasteiger partial charge < -0.3 is 38.7 Å². The Labute approximate surface area is 229 Å². The summed E-state index contributed by atoms with van der Waals surface area (Å²) in [5, 5.41) is 6.37. The molecule has 0 spiro atoms. The summed E-state index contributed by atoms with van der Waals surface area (Å²) in [7, 11) is 0. The molecule has 1 rings (SSSR count). The molecule has 0 aliphatic carbocycles. The molecule has 6 nitrogen and oxygen atoms in total. The van der Waals surface area contributed by atoms with Gasteiger partial charge in [0.25, 0.3) is 0 Å². The number of ether oxygens (including phenoxy) is 1. The standard InChI is InChI=1S/C26H49N4O2.2BrH/c1-2-3-4-5-13-16-21-31-26-23-25(29-30-27)20-19-24(26)18-15-12-10-8-6-7-9-11-14-17-22-32-28;;/h19-20,23H,2-18,21-22H2,1,28H3,(H2,27,29);2*1H/q+1;;/p-1. The normalized spacial score (nSPS) is 10.8. The first-order chi connectivity index (χ1) is 15.8. The van der Waals surface area contributed by atoms with E-state index in [-0.39, 0.29) is 34.0 Å². The third-order valence-corrected chi connectivity index (χ3v) is 6.00. The van der Waals surface area contributed by atoms with Crippen molar-refractivity contribution in [3.05, 3.63) is 23.8 Å². The van der Waals surface area contributed by atoms with E-state index in [1.54, 1.807) is 0 Å². The van der Waals surface area contributed by atoms with Crippen LogP contribution in [0.15, 0.2) is 23.4 Å². The Hall–Kier alpha value is -0.700. The quantitative estimate of drug-likeness (QED) is 0.0687. The van der Waals surface area contributed by atoms with Crippen molar-refractivity contribution in [3.8, 4) is 5.75 Å². The van der Waals surface area contributed by atoms with Crippen LogP contribution in [0.2, 0.25) is 0 Å². The predicted molar refractivity (Wildman–Crippen MR) is 131 cm³/mol. The van der Waals surface area contributed by atoms with Gasteiger partial charge in [-0.25, -0.2) is 10.7 Å². The fraction of sp³-hybridized carbons (Fsp3) is 0.769. The molecule has 0 radical (unpaired) electrons. The smallest absolute Gasteiger partial charge is 0.150 e. The molecule has 1 aromatic rings. The van der Waals surface area contributed by atoms with E-state index in [0.29, 0.717) is 0 Å². The molecule has 0 saturated carbocycles. The van der Waals surface area contributed by atoms with Crippen LogP contribution in [-0.4, -0.2) is 13.2 Å². The lowest BCUT2D eigenvalue weighted by Gasteiger charge is -2.12. The molecule has 0 aromatic heterocycles. The van der Waals surface area contributed by atoms with Crippen LogP contribution in [0.4, 0.5) is 5.69 Å². The lowest BCUT2D eigenvalue weighted by atomic mass is 10.0. The number of benzene rings is 1. The Morgan fingerprint density at radius 1 is 0.765 bits per heavy atom. The highest BCUT2D eigenvalue weighted by molar-refractivity contribution is 5.43. The Kier molecular flexibility index (Phi) is 28.1. The summed E-state index contributed by atoms with van der Waals surface area (Å²) in [5.41, 5.74) is 2.18. The van der Waals surface area contributed by atoms with Crippen LogP contribution in [0.1, 0.15) is 115 Å². The number of nitrogens with two attached hydrogens (primary N) is 1. The number of aryl methyl sites for hydroxylation is 1. The highest BCUT2D eigenvalue weighted by Crippen LogP contribution is 2.24. The van der Waals surface area contributed by atoms with Crippen LogP contribution < -0.4 is 55.6 Å². The first kappa shape index (κ1) is 35.5. The van der Waals surface area contributed by atoms with Gasteiger partial charge in [0.15, 0.2) is 5.69 Å². The molecule has 0 heterocycles. The van der Waals surface area contributed by atoms with Crippen LogP contribution in [0.5, 0.6) is 5.75 Å². The van der Waals surface area contributed by atoms with Crippen LogP contribution in [0.3, 0.4) is 0 Å². The number of halogens is 2. The second kappa shape index (κ2) is 26.9. The fourth-order valence-electron chi connectivity index (χ4n) is 4.04. The second-order valence-electron chi connectivity index (χ2n) is 8.87. The van der Waals surface area contributed by atoms with E-state index in [0.717, 1.165) is 43.9 Å².